The number of carbonyl (C=O) groups is 1. The van der Waals surface area contributed by atoms with Crippen molar-refractivity contribution in [1.82, 2.24) is 0 Å². The van der Waals surface area contributed by atoms with Crippen molar-refractivity contribution >= 4 is 28.8 Å². The van der Waals surface area contributed by atoms with E-state index in [4.69, 9.17) is 10.00 Å². The molecule has 0 bridgehead atoms. The number of allylic oxidation sites excluding steroid dienone is 2. The van der Waals surface area contributed by atoms with Gasteiger partial charge in [-0.1, -0.05) is 18.2 Å². The summed E-state index contributed by atoms with van der Waals surface area (Å²) >= 11 is 0. The summed E-state index contributed by atoms with van der Waals surface area (Å²) in [4.78, 5) is 12.5. The van der Waals surface area contributed by atoms with E-state index in [1.54, 1.807) is 12.1 Å². The fourth-order valence-corrected chi connectivity index (χ4v) is 3.55. The summed E-state index contributed by atoms with van der Waals surface area (Å²) in [5, 5.41) is 11.4. The molecule has 5 heteroatoms. The second-order valence-electron chi connectivity index (χ2n) is 7.14. The van der Waals surface area contributed by atoms with Gasteiger partial charge in [0, 0.05) is 17.2 Å². The normalized spacial score (nSPS) is 19.8. The summed E-state index contributed by atoms with van der Waals surface area (Å²) in [6.07, 6.45) is 5.03. The van der Waals surface area contributed by atoms with Gasteiger partial charge < -0.3 is 10.1 Å². The lowest BCUT2D eigenvalue weighted by molar-refractivity contribution is -0.111. The van der Waals surface area contributed by atoms with E-state index in [0.717, 1.165) is 16.7 Å². The van der Waals surface area contributed by atoms with Crippen molar-refractivity contribution in [2.75, 3.05) is 5.32 Å². The van der Waals surface area contributed by atoms with Gasteiger partial charge in [-0.25, -0.2) is 4.39 Å². The zero-order chi connectivity index (χ0) is 19.9. The van der Waals surface area contributed by atoms with Gasteiger partial charge in [0.25, 0.3) is 5.91 Å². The molecule has 0 radical (unpaired) electrons. The van der Waals surface area contributed by atoms with Gasteiger partial charge in [0.05, 0.1) is 17.3 Å². The summed E-state index contributed by atoms with van der Waals surface area (Å²) in [6.45, 7) is 3.87. The number of nitrogens with zero attached hydrogens (tertiary/aromatic N) is 1. The first-order chi connectivity index (χ1) is 13.4. The van der Waals surface area contributed by atoms with Gasteiger partial charge in [-0.05, 0) is 61.4 Å². The van der Waals surface area contributed by atoms with E-state index in [1.807, 2.05) is 50.3 Å². The van der Waals surface area contributed by atoms with Gasteiger partial charge >= 0.3 is 0 Å². The highest BCUT2D eigenvalue weighted by Gasteiger charge is 2.38. The van der Waals surface area contributed by atoms with Gasteiger partial charge in [-0.2, -0.15) is 5.26 Å². The van der Waals surface area contributed by atoms with Crippen molar-refractivity contribution in [3.05, 3.63) is 82.9 Å². The van der Waals surface area contributed by atoms with Crippen LogP contribution in [-0.4, -0.2) is 11.5 Å². The van der Waals surface area contributed by atoms with Crippen LogP contribution in [0.5, 0.6) is 0 Å². The molecule has 28 heavy (non-hydrogen) atoms. The Morgan fingerprint density at radius 3 is 2.82 bits per heavy atom. The Bertz CT molecular complexity index is 1130. The maximum absolute atomic E-state index is 13.5. The molecule has 0 aliphatic carbocycles. The standard InChI is InChI=1S/C23H17FN2O2/c1-23(2)18(15-7-3-5-14(11-15)6-4-10-25)13-20(28-23)21-17-9-8-16(24)12-19(17)26-22(21)27/h3-9,11-13H,1-2H3,(H,26,27)/b6-4+,21-20+. The lowest BCUT2D eigenvalue weighted by atomic mass is 9.91. The van der Waals surface area contributed by atoms with Gasteiger partial charge in [0.2, 0.25) is 0 Å². The molecule has 2 aliphatic rings. The van der Waals surface area contributed by atoms with Crippen LogP contribution in [0.15, 0.2) is 60.4 Å². The number of nitriles is 1. The average Bonchev–Trinajstić information content (AvgIpc) is 3.14. The Kier molecular flexibility index (Phi) is 4.12. The second kappa shape index (κ2) is 6.50. The minimum absolute atomic E-state index is 0.311. The monoisotopic (exact) mass is 372 g/mol. The number of amides is 1. The highest BCUT2D eigenvalue weighted by molar-refractivity contribution is 6.32. The molecular weight excluding hydrogens is 355 g/mol. The predicted octanol–water partition coefficient (Wildman–Crippen LogP) is 4.92. The molecule has 0 spiro atoms. The smallest absolute Gasteiger partial charge is 0.260 e. The first kappa shape index (κ1) is 17.7. The van der Waals surface area contributed by atoms with E-state index in [2.05, 4.69) is 5.32 Å². The Morgan fingerprint density at radius 1 is 1.21 bits per heavy atom. The topological polar surface area (TPSA) is 62.1 Å². The number of ether oxygens (including phenoxy) is 1. The summed E-state index contributed by atoms with van der Waals surface area (Å²) in [6, 6.07) is 14.0. The SMILES string of the molecule is CC1(C)O/C(=C2/C(=O)Nc3cc(F)ccc32)C=C1c1cccc(/C=C/C#N)c1. The van der Waals surface area contributed by atoms with Crippen LogP contribution in [0.3, 0.4) is 0 Å². The molecule has 4 rings (SSSR count). The first-order valence-corrected chi connectivity index (χ1v) is 8.82. The second-order valence-corrected chi connectivity index (χ2v) is 7.14. The molecule has 0 aromatic heterocycles. The van der Waals surface area contributed by atoms with Crippen molar-refractivity contribution in [3.63, 3.8) is 0 Å². The molecule has 1 N–H and O–H groups in total. The first-order valence-electron chi connectivity index (χ1n) is 8.82. The Balaban J connectivity index is 1.82. The van der Waals surface area contributed by atoms with E-state index in [1.165, 1.54) is 18.2 Å². The lowest BCUT2D eigenvalue weighted by Gasteiger charge is -2.23. The molecule has 0 saturated carbocycles. The average molecular weight is 372 g/mol. The molecule has 0 atom stereocenters. The van der Waals surface area contributed by atoms with Crippen molar-refractivity contribution in [2.45, 2.75) is 19.4 Å². The molecule has 4 nitrogen and oxygen atoms in total. The van der Waals surface area contributed by atoms with Gasteiger partial charge in [-0.15, -0.1) is 0 Å². The number of nitrogens with one attached hydrogen (secondary N) is 1. The lowest BCUT2D eigenvalue weighted by Crippen LogP contribution is -2.21. The molecule has 0 unspecified atom stereocenters. The molecule has 2 aromatic rings. The maximum atomic E-state index is 13.5. The largest absolute Gasteiger partial charge is 0.482 e. The summed E-state index contributed by atoms with van der Waals surface area (Å²) in [5.41, 5.74) is 3.59. The van der Waals surface area contributed by atoms with Crippen LogP contribution >= 0.6 is 0 Å². The molecule has 0 fully saturated rings. The third-order valence-electron chi connectivity index (χ3n) is 4.81. The fraction of sp³-hybridized carbons (Fsp3) is 0.130. The number of halogens is 1. The number of anilines is 1. The maximum Gasteiger partial charge on any atom is 0.260 e. The summed E-state index contributed by atoms with van der Waals surface area (Å²) < 4.78 is 19.6. The van der Waals surface area contributed by atoms with Crippen LogP contribution < -0.4 is 5.32 Å². The molecule has 2 aromatic carbocycles. The third kappa shape index (κ3) is 2.99. The number of benzene rings is 2. The predicted molar refractivity (Wildman–Crippen MR) is 106 cm³/mol. The van der Waals surface area contributed by atoms with Gasteiger partial charge in [0.1, 0.15) is 17.2 Å². The van der Waals surface area contributed by atoms with Crippen LogP contribution in [0.2, 0.25) is 0 Å². The third-order valence-corrected chi connectivity index (χ3v) is 4.81. The van der Waals surface area contributed by atoms with E-state index in [0.29, 0.717) is 22.6 Å². The zero-order valence-electron chi connectivity index (χ0n) is 15.4. The van der Waals surface area contributed by atoms with E-state index in [-0.39, 0.29) is 5.91 Å². The molecule has 2 heterocycles. The number of fused-ring (bicyclic) bond motifs is 1. The Labute approximate surface area is 162 Å². The minimum Gasteiger partial charge on any atom is -0.482 e. The van der Waals surface area contributed by atoms with E-state index in [9.17, 15) is 9.18 Å². The van der Waals surface area contributed by atoms with Crippen molar-refractivity contribution in [1.29, 1.82) is 5.26 Å². The van der Waals surface area contributed by atoms with Crippen LogP contribution in [-0.2, 0) is 9.53 Å². The van der Waals surface area contributed by atoms with Gasteiger partial charge in [0.15, 0.2) is 0 Å². The van der Waals surface area contributed by atoms with Crippen molar-refractivity contribution in [3.8, 4) is 6.07 Å². The van der Waals surface area contributed by atoms with E-state index >= 15 is 0 Å². The molecule has 0 saturated heterocycles. The molecule has 2 aliphatic heterocycles. The number of hydrogen-bond donors (Lipinski definition) is 1. The molecular formula is C23H17FN2O2. The summed E-state index contributed by atoms with van der Waals surface area (Å²) in [5.74, 6) is -0.258. The van der Waals surface area contributed by atoms with E-state index < -0.39 is 11.4 Å². The minimum atomic E-state index is -0.650. The highest BCUT2D eigenvalue weighted by atomic mass is 19.1. The van der Waals surface area contributed by atoms with Crippen LogP contribution in [0.1, 0.15) is 30.5 Å². The Hall–Kier alpha value is -3.65. The zero-order valence-corrected chi connectivity index (χ0v) is 15.4. The van der Waals surface area contributed by atoms with Crippen molar-refractivity contribution in [2.24, 2.45) is 0 Å². The van der Waals surface area contributed by atoms with Crippen LogP contribution in [0, 0.1) is 17.1 Å². The van der Waals surface area contributed by atoms with Gasteiger partial charge in [-0.3, -0.25) is 4.79 Å². The van der Waals surface area contributed by atoms with Crippen LogP contribution in [0.25, 0.3) is 17.2 Å². The number of rotatable bonds is 2. The fourth-order valence-electron chi connectivity index (χ4n) is 3.55. The highest BCUT2D eigenvalue weighted by Crippen LogP contribution is 2.44. The van der Waals surface area contributed by atoms with Crippen molar-refractivity contribution < 1.29 is 13.9 Å². The molecule has 138 valence electrons. The Morgan fingerprint density at radius 2 is 2.04 bits per heavy atom. The number of hydrogen-bond acceptors (Lipinski definition) is 3. The molecule has 1 amide bonds. The van der Waals surface area contributed by atoms with Crippen LogP contribution in [0.4, 0.5) is 10.1 Å². The summed E-state index contributed by atoms with van der Waals surface area (Å²) in [7, 11) is 0. The number of carbonyl (C=O) groups excluding carboxylic acids is 1. The quantitative estimate of drug-likeness (QED) is 0.601.